The van der Waals surface area contributed by atoms with Gasteiger partial charge in [-0.15, -0.1) is 0 Å². The van der Waals surface area contributed by atoms with Crippen LogP contribution in [0.3, 0.4) is 0 Å². The largest absolute Gasteiger partial charge is 0.481 e. The Morgan fingerprint density at radius 1 is 1.50 bits per heavy atom. The Balaban J connectivity index is 1.71. The number of hydrogen-bond donors (Lipinski definition) is 1. The normalized spacial score (nSPS) is 29.6. The van der Waals surface area contributed by atoms with E-state index in [1.165, 1.54) is 13.0 Å². The minimum absolute atomic E-state index is 0.323. The van der Waals surface area contributed by atoms with Crippen molar-refractivity contribution in [2.75, 3.05) is 26.7 Å². The van der Waals surface area contributed by atoms with Gasteiger partial charge in [-0.3, -0.25) is 9.69 Å². The van der Waals surface area contributed by atoms with E-state index in [-0.39, 0.29) is 0 Å². The van der Waals surface area contributed by atoms with Crippen molar-refractivity contribution in [2.45, 2.75) is 31.3 Å². The summed E-state index contributed by atoms with van der Waals surface area (Å²) in [7, 11) is 2.13. The van der Waals surface area contributed by atoms with Gasteiger partial charge in [0.05, 0.1) is 0 Å². The highest BCUT2D eigenvalue weighted by Crippen LogP contribution is 2.28. The third kappa shape index (κ3) is 1.91. The maximum atomic E-state index is 10.4. The maximum Gasteiger partial charge on any atom is 0.303 e. The van der Waals surface area contributed by atoms with Crippen molar-refractivity contribution in [1.82, 2.24) is 9.80 Å². The van der Waals surface area contributed by atoms with Crippen LogP contribution in [-0.2, 0) is 4.79 Å². The number of rotatable bonds is 4. The summed E-state index contributed by atoms with van der Waals surface area (Å²) in [5, 5.41) is 8.59. The Labute approximate surface area is 84.5 Å². The summed E-state index contributed by atoms with van der Waals surface area (Å²) in [5.41, 5.74) is 0. The first-order valence-electron chi connectivity index (χ1n) is 5.33. The van der Waals surface area contributed by atoms with Gasteiger partial charge in [0.15, 0.2) is 0 Å². The van der Waals surface area contributed by atoms with Gasteiger partial charge >= 0.3 is 5.97 Å². The molecule has 0 saturated carbocycles. The molecule has 0 aromatic rings. The van der Waals surface area contributed by atoms with E-state index in [4.69, 9.17) is 5.11 Å². The SMILES string of the molecule is CN1CC(N2CCC2CCC(=O)O)C1. The van der Waals surface area contributed by atoms with Crippen molar-refractivity contribution in [1.29, 1.82) is 0 Å². The zero-order valence-electron chi connectivity index (χ0n) is 8.65. The van der Waals surface area contributed by atoms with Gasteiger partial charge in [-0.2, -0.15) is 0 Å². The summed E-state index contributed by atoms with van der Waals surface area (Å²) in [5.74, 6) is -0.664. The third-order valence-electron chi connectivity index (χ3n) is 3.39. The molecule has 2 saturated heterocycles. The first kappa shape index (κ1) is 9.93. The molecule has 14 heavy (non-hydrogen) atoms. The van der Waals surface area contributed by atoms with Gasteiger partial charge in [0, 0.05) is 38.1 Å². The van der Waals surface area contributed by atoms with Crippen LogP contribution in [0.15, 0.2) is 0 Å². The predicted octanol–water partition coefficient (Wildman–Crippen LogP) is 0.239. The van der Waals surface area contributed by atoms with Gasteiger partial charge in [0.2, 0.25) is 0 Å². The molecule has 0 bridgehead atoms. The Hall–Kier alpha value is -0.610. The number of carboxylic acid groups (broad SMARTS) is 1. The minimum atomic E-state index is -0.664. The van der Waals surface area contributed by atoms with E-state index in [0.29, 0.717) is 18.5 Å². The summed E-state index contributed by atoms with van der Waals surface area (Å²) in [6.45, 7) is 3.48. The van der Waals surface area contributed by atoms with Crippen LogP contribution in [0.2, 0.25) is 0 Å². The molecule has 0 amide bonds. The number of aliphatic carboxylic acids is 1. The third-order valence-corrected chi connectivity index (χ3v) is 3.39. The zero-order valence-corrected chi connectivity index (χ0v) is 8.65. The standard InChI is InChI=1S/C10H18N2O2/c1-11-6-9(7-11)12-5-4-8(12)2-3-10(13)14/h8-9H,2-7H2,1H3,(H,13,14). The van der Waals surface area contributed by atoms with Crippen molar-refractivity contribution < 1.29 is 9.90 Å². The lowest BCUT2D eigenvalue weighted by atomic mass is 9.92. The molecule has 4 heteroatoms. The fourth-order valence-electron chi connectivity index (χ4n) is 2.42. The quantitative estimate of drug-likeness (QED) is 0.702. The van der Waals surface area contributed by atoms with Crippen LogP contribution in [-0.4, -0.2) is 59.6 Å². The van der Waals surface area contributed by atoms with Crippen LogP contribution in [0.5, 0.6) is 0 Å². The molecule has 0 aromatic carbocycles. The molecule has 1 atom stereocenters. The second kappa shape index (κ2) is 3.87. The summed E-state index contributed by atoms with van der Waals surface area (Å²) >= 11 is 0. The molecule has 0 radical (unpaired) electrons. The van der Waals surface area contributed by atoms with Gasteiger partial charge in [-0.25, -0.2) is 0 Å². The molecule has 2 aliphatic rings. The van der Waals surface area contributed by atoms with Gasteiger partial charge in [0.1, 0.15) is 0 Å². The molecule has 80 valence electrons. The lowest BCUT2D eigenvalue weighted by Crippen LogP contribution is -2.65. The van der Waals surface area contributed by atoms with E-state index < -0.39 is 5.97 Å². The first-order valence-corrected chi connectivity index (χ1v) is 5.33. The van der Waals surface area contributed by atoms with Gasteiger partial charge in [-0.1, -0.05) is 0 Å². The predicted molar refractivity (Wildman–Crippen MR) is 53.3 cm³/mol. The van der Waals surface area contributed by atoms with E-state index in [9.17, 15) is 4.79 Å². The summed E-state index contributed by atoms with van der Waals surface area (Å²) < 4.78 is 0. The maximum absolute atomic E-state index is 10.4. The van der Waals surface area contributed by atoms with E-state index in [1.807, 2.05) is 0 Å². The molecule has 4 nitrogen and oxygen atoms in total. The molecule has 1 N–H and O–H groups in total. The fraction of sp³-hybridized carbons (Fsp3) is 0.900. The van der Waals surface area contributed by atoms with Crippen LogP contribution in [0.1, 0.15) is 19.3 Å². The first-order chi connectivity index (χ1) is 6.66. The second-order valence-electron chi connectivity index (χ2n) is 4.49. The average Bonchev–Trinajstić information content (AvgIpc) is 1.99. The van der Waals surface area contributed by atoms with Crippen LogP contribution < -0.4 is 0 Å². The zero-order chi connectivity index (χ0) is 10.1. The Morgan fingerprint density at radius 3 is 2.64 bits per heavy atom. The van der Waals surface area contributed by atoms with Gasteiger partial charge in [-0.05, 0) is 19.9 Å². The average molecular weight is 198 g/mol. The Bertz CT molecular complexity index is 226. The van der Waals surface area contributed by atoms with E-state index in [2.05, 4.69) is 16.8 Å². The summed E-state index contributed by atoms with van der Waals surface area (Å²) in [4.78, 5) is 15.2. The molecule has 2 fully saturated rings. The molecule has 0 spiro atoms. The van der Waals surface area contributed by atoms with Crippen LogP contribution >= 0.6 is 0 Å². The number of likely N-dealkylation sites (tertiary alicyclic amines) is 2. The van der Waals surface area contributed by atoms with E-state index in [0.717, 1.165) is 19.5 Å². The lowest BCUT2D eigenvalue weighted by Gasteiger charge is -2.52. The molecular formula is C10H18N2O2. The minimum Gasteiger partial charge on any atom is -0.481 e. The second-order valence-corrected chi connectivity index (χ2v) is 4.49. The monoisotopic (exact) mass is 198 g/mol. The van der Waals surface area contributed by atoms with Crippen molar-refractivity contribution in [2.24, 2.45) is 0 Å². The highest BCUT2D eigenvalue weighted by molar-refractivity contribution is 5.66. The molecule has 1 unspecified atom stereocenters. The topological polar surface area (TPSA) is 43.8 Å². The van der Waals surface area contributed by atoms with Gasteiger partial charge in [0.25, 0.3) is 0 Å². The number of likely N-dealkylation sites (N-methyl/N-ethyl adjacent to an activating group) is 1. The molecule has 2 aliphatic heterocycles. The number of nitrogens with zero attached hydrogens (tertiary/aromatic N) is 2. The van der Waals surface area contributed by atoms with Crippen molar-refractivity contribution in [3.63, 3.8) is 0 Å². The van der Waals surface area contributed by atoms with Crippen molar-refractivity contribution >= 4 is 5.97 Å². The summed E-state index contributed by atoms with van der Waals surface area (Å²) in [6, 6.07) is 1.25. The molecule has 0 aliphatic carbocycles. The highest BCUT2D eigenvalue weighted by atomic mass is 16.4. The number of carboxylic acids is 1. The molecule has 2 rings (SSSR count). The van der Waals surface area contributed by atoms with Crippen LogP contribution in [0.25, 0.3) is 0 Å². The van der Waals surface area contributed by atoms with E-state index in [1.54, 1.807) is 0 Å². The summed E-state index contributed by atoms with van der Waals surface area (Å²) in [6.07, 6.45) is 2.34. The Kier molecular flexibility index (Phi) is 2.74. The van der Waals surface area contributed by atoms with Crippen molar-refractivity contribution in [3.8, 4) is 0 Å². The van der Waals surface area contributed by atoms with Gasteiger partial charge < -0.3 is 10.0 Å². The van der Waals surface area contributed by atoms with E-state index >= 15 is 0 Å². The number of hydrogen-bond acceptors (Lipinski definition) is 3. The van der Waals surface area contributed by atoms with Crippen molar-refractivity contribution in [3.05, 3.63) is 0 Å². The number of carbonyl (C=O) groups is 1. The fourth-order valence-corrected chi connectivity index (χ4v) is 2.42. The van der Waals surface area contributed by atoms with Crippen LogP contribution in [0.4, 0.5) is 0 Å². The highest BCUT2D eigenvalue weighted by Gasteiger charge is 2.38. The lowest BCUT2D eigenvalue weighted by molar-refractivity contribution is -0.138. The molecule has 0 aromatic heterocycles. The molecular weight excluding hydrogens is 180 g/mol. The Morgan fingerprint density at radius 2 is 2.21 bits per heavy atom. The van der Waals surface area contributed by atoms with Crippen LogP contribution in [0, 0.1) is 0 Å². The molecule has 2 heterocycles. The smallest absolute Gasteiger partial charge is 0.303 e.